The fourth-order valence-corrected chi connectivity index (χ4v) is 4.61. The fourth-order valence-electron chi connectivity index (χ4n) is 3.17. The molecule has 0 atom stereocenters. The summed E-state index contributed by atoms with van der Waals surface area (Å²) in [6, 6.07) is 21.1. The molecule has 32 heavy (non-hydrogen) atoms. The second-order valence-corrected chi connectivity index (χ2v) is 9.42. The van der Waals surface area contributed by atoms with Gasteiger partial charge in [0.2, 0.25) is 5.91 Å². The molecule has 3 aromatic rings. The van der Waals surface area contributed by atoms with Crippen LogP contribution in [-0.4, -0.2) is 34.0 Å². The summed E-state index contributed by atoms with van der Waals surface area (Å²) >= 11 is 0. The molecular formula is C25H28N2O4S. The number of amides is 1. The number of hydrogen-bond donors (Lipinski definition) is 1. The topological polar surface area (TPSA) is 75.7 Å². The van der Waals surface area contributed by atoms with Gasteiger partial charge in [-0.15, -0.1) is 0 Å². The van der Waals surface area contributed by atoms with Gasteiger partial charge in [-0.25, -0.2) is 8.42 Å². The smallest absolute Gasteiger partial charge is 0.264 e. The highest BCUT2D eigenvalue weighted by Gasteiger charge is 2.27. The molecule has 0 spiro atoms. The van der Waals surface area contributed by atoms with Gasteiger partial charge in [-0.3, -0.25) is 9.10 Å². The van der Waals surface area contributed by atoms with E-state index in [-0.39, 0.29) is 24.6 Å². The predicted octanol–water partition coefficient (Wildman–Crippen LogP) is 4.00. The molecule has 0 unspecified atom stereocenters. The van der Waals surface area contributed by atoms with Crippen molar-refractivity contribution in [1.29, 1.82) is 0 Å². The van der Waals surface area contributed by atoms with E-state index in [1.54, 1.807) is 30.3 Å². The van der Waals surface area contributed by atoms with E-state index in [9.17, 15) is 13.2 Å². The lowest BCUT2D eigenvalue weighted by molar-refractivity contribution is -0.119. The summed E-state index contributed by atoms with van der Waals surface area (Å²) in [5, 5.41) is 2.75. The molecule has 1 N–H and O–H groups in total. The number of nitrogens with one attached hydrogen (secondary N) is 1. The van der Waals surface area contributed by atoms with Crippen LogP contribution in [-0.2, 0) is 14.8 Å². The number of para-hydroxylation sites is 1. The van der Waals surface area contributed by atoms with Gasteiger partial charge in [-0.2, -0.15) is 0 Å². The minimum Gasteiger partial charge on any atom is -0.491 e. The minimum atomic E-state index is -3.92. The quantitative estimate of drug-likeness (QED) is 0.498. The van der Waals surface area contributed by atoms with Gasteiger partial charge in [-0.1, -0.05) is 42.5 Å². The van der Waals surface area contributed by atoms with Crippen LogP contribution in [0.3, 0.4) is 0 Å². The Bertz CT molecular complexity index is 1180. The second-order valence-electron chi connectivity index (χ2n) is 7.56. The maximum Gasteiger partial charge on any atom is 0.264 e. The number of nitrogens with zero attached hydrogens (tertiary/aromatic N) is 1. The average Bonchev–Trinajstić information content (AvgIpc) is 2.78. The first-order valence-electron chi connectivity index (χ1n) is 10.4. The monoisotopic (exact) mass is 452 g/mol. The summed E-state index contributed by atoms with van der Waals surface area (Å²) in [6.45, 7) is 6.03. The van der Waals surface area contributed by atoms with Gasteiger partial charge in [0, 0.05) is 0 Å². The van der Waals surface area contributed by atoms with E-state index < -0.39 is 15.9 Å². The molecule has 0 aliphatic carbocycles. The molecule has 1 amide bonds. The van der Waals surface area contributed by atoms with Crippen LogP contribution >= 0.6 is 0 Å². The van der Waals surface area contributed by atoms with Crippen molar-refractivity contribution in [2.75, 3.05) is 24.0 Å². The number of benzene rings is 3. The van der Waals surface area contributed by atoms with Crippen molar-refractivity contribution < 1.29 is 17.9 Å². The molecule has 6 nitrogen and oxygen atoms in total. The molecule has 0 saturated carbocycles. The van der Waals surface area contributed by atoms with Crippen LogP contribution in [0.5, 0.6) is 5.75 Å². The van der Waals surface area contributed by atoms with Crippen molar-refractivity contribution in [2.45, 2.75) is 25.7 Å². The lowest BCUT2D eigenvalue weighted by Gasteiger charge is -2.25. The van der Waals surface area contributed by atoms with Crippen molar-refractivity contribution in [2.24, 2.45) is 0 Å². The summed E-state index contributed by atoms with van der Waals surface area (Å²) in [7, 11) is -3.92. The average molecular weight is 453 g/mol. The zero-order valence-corrected chi connectivity index (χ0v) is 19.4. The molecule has 0 aliphatic heterocycles. The Hall–Kier alpha value is -3.32. The zero-order valence-electron chi connectivity index (χ0n) is 18.5. The van der Waals surface area contributed by atoms with Crippen LogP contribution in [0.4, 0.5) is 5.69 Å². The van der Waals surface area contributed by atoms with Crippen molar-refractivity contribution in [3.05, 3.63) is 89.5 Å². The van der Waals surface area contributed by atoms with Crippen molar-refractivity contribution in [3.8, 4) is 5.75 Å². The van der Waals surface area contributed by atoms with Crippen LogP contribution in [0, 0.1) is 20.8 Å². The van der Waals surface area contributed by atoms with Crippen LogP contribution in [0.25, 0.3) is 0 Å². The second kappa shape index (κ2) is 10.3. The van der Waals surface area contributed by atoms with Gasteiger partial charge < -0.3 is 10.1 Å². The van der Waals surface area contributed by atoms with Gasteiger partial charge in [0.15, 0.2) is 0 Å². The van der Waals surface area contributed by atoms with E-state index in [1.807, 2.05) is 51.1 Å². The van der Waals surface area contributed by atoms with E-state index in [4.69, 9.17) is 4.74 Å². The molecule has 0 fully saturated rings. The summed E-state index contributed by atoms with van der Waals surface area (Å²) in [4.78, 5) is 12.8. The number of rotatable bonds is 9. The molecule has 0 heterocycles. The van der Waals surface area contributed by atoms with Crippen LogP contribution in [0.1, 0.15) is 16.7 Å². The van der Waals surface area contributed by atoms with Gasteiger partial charge in [0.1, 0.15) is 18.9 Å². The number of aryl methyl sites for hydroxylation is 3. The van der Waals surface area contributed by atoms with Gasteiger partial charge in [0.25, 0.3) is 10.0 Å². The Morgan fingerprint density at radius 1 is 0.875 bits per heavy atom. The number of anilines is 1. The van der Waals surface area contributed by atoms with Crippen molar-refractivity contribution >= 4 is 21.6 Å². The van der Waals surface area contributed by atoms with Crippen molar-refractivity contribution in [1.82, 2.24) is 5.32 Å². The summed E-state index contributed by atoms with van der Waals surface area (Å²) in [6.07, 6.45) is 0. The van der Waals surface area contributed by atoms with Crippen LogP contribution in [0.15, 0.2) is 77.7 Å². The lowest BCUT2D eigenvalue weighted by Crippen LogP contribution is -2.42. The molecule has 0 aromatic heterocycles. The highest BCUT2D eigenvalue weighted by atomic mass is 32.2. The number of hydrogen-bond acceptors (Lipinski definition) is 4. The fraction of sp³-hybridized carbons (Fsp3) is 0.240. The van der Waals surface area contributed by atoms with Gasteiger partial charge in [-0.05, 0) is 67.8 Å². The molecule has 0 saturated heterocycles. The van der Waals surface area contributed by atoms with Crippen LogP contribution < -0.4 is 14.4 Å². The minimum absolute atomic E-state index is 0.133. The number of carbonyl (C=O) groups is 1. The standard InChI is InChI=1S/C25H28N2O4S/c1-19-13-14-22(17-21(19)3)27(32(29,30)23-10-5-4-6-11-23)18-25(28)26-15-16-31-24-12-8-7-9-20(24)2/h4-14,17H,15-16,18H2,1-3H3,(H,26,28). The Morgan fingerprint density at radius 2 is 1.56 bits per heavy atom. The Kier molecular flexibility index (Phi) is 7.53. The molecule has 0 bridgehead atoms. The number of sulfonamides is 1. The van der Waals surface area contributed by atoms with Gasteiger partial charge >= 0.3 is 0 Å². The first-order valence-corrected chi connectivity index (χ1v) is 11.8. The van der Waals surface area contributed by atoms with Crippen LogP contribution in [0.2, 0.25) is 0 Å². The molecular weight excluding hydrogens is 424 g/mol. The maximum absolute atomic E-state index is 13.3. The number of ether oxygens (including phenoxy) is 1. The van der Waals surface area contributed by atoms with E-state index in [0.29, 0.717) is 5.69 Å². The summed E-state index contributed by atoms with van der Waals surface area (Å²) in [5.41, 5.74) is 3.45. The molecule has 3 aromatic carbocycles. The van der Waals surface area contributed by atoms with Gasteiger partial charge in [0.05, 0.1) is 17.1 Å². The predicted molar refractivity (Wildman–Crippen MR) is 127 cm³/mol. The zero-order chi connectivity index (χ0) is 23.1. The molecule has 7 heteroatoms. The molecule has 168 valence electrons. The SMILES string of the molecule is Cc1ccc(N(CC(=O)NCCOc2ccccc2C)S(=O)(=O)c2ccccc2)cc1C. The third kappa shape index (κ3) is 5.68. The number of carbonyl (C=O) groups excluding carboxylic acids is 1. The molecule has 0 aliphatic rings. The normalized spacial score (nSPS) is 11.1. The molecule has 3 rings (SSSR count). The largest absolute Gasteiger partial charge is 0.491 e. The van der Waals surface area contributed by atoms with Crippen molar-refractivity contribution in [3.63, 3.8) is 0 Å². The third-order valence-corrected chi connectivity index (χ3v) is 6.96. The first kappa shape index (κ1) is 23.3. The third-order valence-electron chi connectivity index (χ3n) is 5.17. The molecule has 0 radical (unpaired) electrons. The Labute approximate surface area is 189 Å². The maximum atomic E-state index is 13.3. The first-order chi connectivity index (χ1) is 15.3. The summed E-state index contributed by atoms with van der Waals surface area (Å²) in [5.74, 6) is 0.348. The highest BCUT2D eigenvalue weighted by molar-refractivity contribution is 7.92. The van der Waals surface area contributed by atoms with E-state index >= 15 is 0 Å². The summed E-state index contributed by atoms with van der Waals surface area (Å²) < 4.78 is 33.5. The van der Waals surface area contributed by atoms with E-state index in [0.717, 1.165) is 26.7 Å². The highest BCUT2D eigenvalue weighted by Crippen LogP contribution is 2.25. The Morgan fingerprint density at radius 3 is 2.25 bits per heavy atom. The van der Waals surface area contributed by atoms with E-state index in [1.165, 1.54) is 12.1 Å². The Balaban J connectivity index is 1.73. The lowest BCUT2D eigenvalue weighted by atomic mass is 10.1. The van der Waals surface area contributed by atoms with E-state index in [2.05, 4.69) is 5.32 Å².